The summed E-state index contributed by atoms with van der Waals surface area (Å²) in [6.45, 7) is 1.50. The molecular formula is C11H21NO2S. The van der Waals surface area contributed by atoms with Crippen molar-refractivity contribution in [3.63, 3.8) is 0 Å². The maximum atomic E-state index is 11.3. The van der Waals surface area contributed by atoms with Crippen LogP contribution in [0.1, 0.15) is 38.5 Å². The number of unbranched alkanes of at least 4 members (excludes halogenated alkanes) is 4. The molecule has 4 heteroatoms. The van der Waals surface area contributed by atoms with E-state index in [2.05, 4.69) is 17.9 Å². The first kappa shape index (κ1) is 12.8. The monoisotopic (exact) mass is 231 g/mol. The summed E-state index contributed by atoms with van der Waals surface area (Å²) in [6.07, 6.45) is 6.76. The van der Waals surface area contributed by atoms with Crippen molar-refractivity contribution in [1.29, 1.82) is 0 Å². The van der Waals surface area contributed by atoms with Crippen molar-refractivity contribution in [2.45, 2.75) is 44.6 Å². The molecule has 0 aromatic carbocycles. The zero-order valence-corrected chi connectivity index (χ0v) is 10.1. The zero-order valence-electron chi connectivity index (χ0n) is 9.21. The van der Waals surface area contributed by atoms with E-state index in [1.165, 1.54) is 19.3 Å². The average molecular weight is 231 g/mol. The quantitative estimate of drug-likeness (QED) is 0.361. The molecule has 1 fully saturated rings. The second-order valence-corrected chi connectivity index (χ2v) is 4.45. The summed E-state index contributed by atoms with van der Waals surface area (Å²) in [5.41, 5.74) is 0. The van der Waals surface area contributed by atoms with Gasteiger partial charge in [0.15, 0.2) is 0 Å². The summed E-state index contributed by atoms with van der Waals surface area (Å²) in [6, 6.07) is 0. The number of carbonyl (C=O) groups excluding carboxylic acids is 1. The molecule has 0 saturated carbocycles. The van der Waals surface area contributed by atoms with E-state index in [4.69, 9.17) is 4.74 Å². The first-order chi connectivity index (χ1) is 7.33. The number of hydrogen-bond acceptors (Lipinski definition) is 3. The topological polar surface area (TPSA) is 41.6 Å². The molecule has 1 aliphatic heterocycles. The van der Waals surface area contributed by atoms with Crippen molar-refractivity contribution in [2.24, 2.45) is 0 Å². The molecule has 1 saturated heterocycles. The summed E-state index contributed by atoms with van der Waals surface area (Å²) in [5, 5.41) is 2.87. The second kappa shape index (κ2) is 7.99. The van der Waals surface area contributed by atoms with Crippen LogP contribution in [-0.2, 0) is 9.53 Å². The number of nitrogens with one attached hydrogen (secondary N) is 1. The summed E-state index contributed by atoms with van der Waals surface area (Å²) >= 11 is 4.16. The largest absolute Gasteiger partial charge is 0.371 e. The van der Waals surface area contributed by atoms with E-state index in [-0.39, 0.29) is 5.91 Å². The molecule has 88 valence electrons. The smallest absolute Gasteiger partial charge is 0.220 e. The van der Waals surface area contributed by atoms with Crippen LogP contribution in [0.4, 0.5) is 0 Å². The Bertz CT molecular complexity index is 183. The lowest BCUT2D eigenvalue weighted by atomic mass is 10.1. The van der Waals surface area contributed by atoms with Gasteiger partial charge in [-0.3, -0.25) is 4.79 Å². The van der Waals surface area contributed by atoms with Gasteiger partial charge in [0.05, 0.1) is 12.7 Å². The fourth-order valence-electron chi connectivity index (χ4n) is 1.43. The second-order valence-electron chi connectivity index (χ2n) is 4.00. The third kappa shape index (κ3) is 7.68. The maximum absolute atomic E-state index is 11.3. The van der Waals surface area contributed by atoms with E-state index < -0.39 is 0 Å². The van der Waals surface area contributed by atoms with E-state index in [9.17, 15) is 4.79 Å². The Kier molecular flexibility index (Phi) is 6.85. The SMILES string of the molecule is O=C(CCCCCCCS)NCC1CO1. The first-order valence-corrected chi connectivity index (χ1v) is 6.45. The van der Waals surface area contributed by atoms with Crippen LogP contribution in [0.3, 0.4) is 0 Å². The lowest BCUT2D eigenvalue weighted by Gasteiger charge is -2.02. The molecule has 1 N–H and O–H groups in total. The van der Waals surface area contributed by atoms with Gasteiger partial charge in [-0.1, -0.05) is 19.3 Å². The van der Waals surface area contributed by atoms with Crippen molar-refractivity contribution in [3.05, 3.63) is 0 Å². The number of epoxide rings is 1. The van der Waals surface area contributed by atoms with Crippen LogP contribution in [-0.4, -0.2) is 30.9 Å². The van der Waals surface area contributed by atoms with Crippen LogP contribution in [0.5, 0.6) is 0 Å². The van der Waals surface area contributed by atoms with Crippen LogP contribution in [0.15, 0.2) is 0 Å². The normalized spacial score (nSPS) is 18.9. The number of thiol groups is 1. The van der Waals surface area contributed by atoms with E-state index >= 15 is 0 Å². The first-order valence-electron chi connectivity index (χ1n) is 5.82. The third-order valence-electron chi connectivity index (χ3n) is 2.49. The van der Waals surface area contributed by atoms with Crippen LogP contribution in [0, 0.1) is 0 Å². The standard InChI is InChI=1S/C11H21NO2S/c13-11(12-8-10-9-14-10)6-4-2-1-3-5-7-15/h10,15H,1-9H2,(H,12,13). The van der Waals surface area contributed by atoms with Crippen molar-refractivity contribution in [2.75, 3.05) is 18.9 Å². The van der Waals surface area contributed by atoms with Crippen molar-refractivity contribution in [1.82, 2.24) is 5.32 Å². The number of rotatable bonds is 9. The van der Waals surface area contributed by atoms with E-state index in [0.717, 1.165) is 25.2 Å². The lowest BCUT2D eigenvalue weighted by Crippen LogP contribution is -2.27. The number of amides is 1. The molecule has 1 atom stereocenters. The summed E-state index contributed by atoms with van der Waals surface area (Å²) in [5.74, 6) is 1.14. The Morgan fingerprint density at radius 1 is 1.27 bits per heavy atom. The van der Waals surface area contributed by atoms with Crippen molar-refractivity contribution < 1.29 is 9.53 Å². The highest BCUT2D eigenvalue weighted by Crippen LogP contribution is 2.08. The van der Waals surface area contributed by atoms with Gasteiger partial charge in [0.1, 0.15) is 0 Å². The van der Waals surface area contributed by atoms with Gasteiger partial charge in [0.2, 0.25) is 5.91 Å². The highest BCUT2D eigenvalue weighted by Gasteiger charge is 2.22. The minimum absolute atomic E-state index is 0.166. The zero-order chi connectivity index (χ0) is 10.9. The summed E-state index contributed by atoms with van der Waals surface area (Å²) in [4.78, 5) is 11.3. The molecule has 3 nitrogen and oxygen atoms in total. The average Bonchev–Trinajstić information content (AvgIpc) is 3.04. The van der Waals surface area contributed by atoms with Crippen LogP contribution < -0.4 is 5.32 Å². The van der Waals surface area contributed by atoms with Gasteiger partial charge in [-0.25, -0.2) is 0 Å². The molecule has 0 aromatic heterocycles. The highest BCUT2D eigenvalue weighted by molar-refractivity contribution is 7.80. The van der Waals surface area contributed by atoms with Crippen LogP contribution >= 0.6 is 12.6 Å². The van der Waals surface area contributed by atoms with Gasteiger partial charge < -0.3 is 10.1 Å². The number of ether oxygens (including phenoxy) is 1. The molecule has 0 radical (unpaired) electrons. The van der Waals surface area contributed by atoms with Gasteiger partial charge in [-0.2, -0.15) is 12.6 Å². The molecule has 1 unspecified atom stereocenters. The van der Waals surface area contributed by atoms with Gasteiger partial charge in [-0.05, 0) is 18.6 Å². The summed E-state index contributed by atoms with van der Waals surface area (Å²) < 4.78 is 5.01. The Labute approximate surface area is 97.4 Å². The van der Waals surface area contributed by atoms with Gasteiger partial charge >= 0.3 is 0 Å². The third-order valence-corrected chi connectivity index (χ3v) is 2.81. The van der Waals surface area contributed by atoms with Crippen molar-refractivity contribution in [3.8, 4) is 0 Å². The lowest BCUT2D eigenvalue weighted by molar-refractivity contribution is -0.121. The molecule has 0 aliphatic carbocycles. The van der Waals surface area contributed by atoms with Crippen LogP contribution in [0.2, 0.25) is 0 Å². The Balaban J connectivity index is 1.79. The predicted molar refractivity (Wildman–Crippen MR) is 64.3 cm³/mol. The fraction of sp³-hybridized carbons (Fsp3) is 0.909. The predicted octanol–water partition coefficient (Wildman–Crippen LogP) is 1.77. The Morgan fingerprint density at radius 2 is 1.93 bits per heavy atom. The van der Waals surface area contributed by atoms with Crippen molar-refractivity contribution >= 4 is 18.5 Å². The molecule has 0 spiro atoms. The van der Waals surface area contributed by atoms with E-state index in [1.54, 1.807) is 0 Å². The minimum atomic E-state index is 0.166. The van der Waals surface area contributed by atoms with Gasteiger partial charge in [-0.15, -0.1) is 0 Å². The molecule has 15 heavy (non-hydrogen) atoms. The Morgan fingerprint density at radius 3 is 2.60 bits per heavy atom. The van der Waals surface area contributed by atoms with Crippen LogP contribution in [0.25, 0.3) is 0 Å². The molecule has 1 heterocycles. The molecule has 1 aliphatic rings. The molecular weight excluding hydrogens is 210 g/mol. The number of hydrogen-bond donors (Lipinski definition) is 2. The summed E-state index contributed by atoms with van der Waals surface area (Å²) in [7, 11) is 0. The molecule has 0 aromatic rings. The van der Waals surface area contributed by atoms with Gasteiger partial charge in [0, 0.05) is 13.0 Å². The molecule has 1 amide bonds. The molecule has 0 bridgehead atoms. The number of carbonyl (C=O) groups is 1. The minimum Gasteiger partial charge on any atom is -0.371 e. The fourth-order valence-corrected chi connectivity index (χ4v) is 1.65. The van der Waals surface area contributed by atoms with E-state index in [0.29, 0.717) is 19.1 Å². The van der Waals surface area contributed by atoms with E-state index in [1.807, 2.05) is 0 Å². The Hall–Kier alpha value is -0.220. The highest BCUT2D eigenvalue weighted by atomic mass is 32.1. The molecule has 1 rings (SSSR count). The van der Waals surface area contributed by atoms with Gasteiger partial charge in [0.25, 0.3) is 0 Å². The maximum Gasteiger partial charge on any atom is 0.220 e.